The predicted octanol–water partition coefficient (Wildman–Crippen LogP) is 9.36. The van der Waals surface area contributed by atoms with Crippen molar-refractivity contribution < 1.29 is 0 Å². The number of fused-ring (bicyclic) bond motifs is 7. The molecule has 0 saturated heterocycles. The van der Waals surface area contributed by atoms with Crippen LogP contribution in [-0.4, -0.2) is 37.2 Å². The van der Waals surface area contributed by atoms with E-state index in [4.69, 9.17) is 15.0 Å². The minimum absolute atomic E-state index is 0.759. The van der Waals surface area contributed by atoms with Crippen LogP contribution in [0.25, 0.3) is 55.2 Å². The van der Waals surface area contributed by atoms with Crippen molar-refractivity contribution in [3.05, 3.63) is 152 Å². The minimum Gasteiger partial charge on any atom is -0.335 e. The molecule has 4 aromatic carbocycles. The fourth-order valence-electron chi connectivity index (χ4n) is 7.43. The first kappa shape index (κ1) is 26.7. The Morgan fingerprint density at radius 2 is 0.833 bits per heavy atom. The molecule has 9 aromatic rings. The van der Waals surface area contributed by atoms with Gasteiger partial charge in [-0.3, -0.25) is 9.13 Å². The Balaban J connectivity index is 0.987. The van der Waals surface area contributed by atoms with Crippen molar-refractivity contribution >= 4 is 66.5 Å². The molecule has 5 aromatic heterocycles. The van der Waals surface area contributed by atoms with Crippen LogP contribution in [0.4, 0.5) is 22.9 Å². The molecular formula is C41H29N7. The number of nitrogens with zero attached hydrogens (tertiary/aromatic N) is 7. The molecular weight excluding hydrogens is 591 g/mol. The Hall–Kier alpha value is -6.47. The third kappa shape index (κ3) is 3.97. The molecule has 0 N–H and O–H groups in total. The molecule has 7 nitrogen and oxygen atoms in total. The van der Waals surface area contributed by atoms with Gasteiger partial charge in [0.2, 0.25) is 0 Å². The zero-order valence-corrected chi connectivity index (χ0v) is 26.0. The summed E-state index contributed by atoms with van der Waals surface area (Å²) in [6.45, 7) is 1.54. The monoisotopic (exact) mass is 619 g/mol. The van der Waals surface area contributed by atoms with E-state index in [0.717, 1.165) is 69.7 Å². The first-order valence-corrected chi connectivity index (χ1v) is 16.2. The Bertz CT molecular complexity index is 2340. The molecule has 0 atom stereocenters. The van der Waals surface area contributed by atoms with Gasteiger partial charge in [-0.15, -0.1) is 0 Å². The first-order chi connectivity index (χ1) is 23.8. The van der Waals surface area contributed by atoms with E-state index in [1.807, 2.05) is 24.7 Å². The van der Waals surface area contributed by atoms with Crippen LogP contribution in [0.5, 0.6) is 0 Å². The SMILES string of the molecule is c1cnc2c(c1)N(c1ccc(-n3c4ccccc4c4ccccc43)nc1)CCN2c1ccc(-n2c3ccccc3c3ccccc32)nc1. The summed E-state index contributed by atoms with van der Waals surface area (Å²) in [4.78, 5) is 19.4. The lowest BCUT2D eigenvalue weighted by Gasteiger charge is -2.37. The van der Waals surface area contributed by atoms with Gasteiger partial charge in [0.05, 0.1) is 51.5 Å². The zero-order chi connectivity index (χ0) is 31.6. The van der Waals surface area contributed by atoms with Gasteiger partial charge in [-0.2, -0.15) is 0 Å². The molecule has 228 valence electrons. The molecule has 10 rings (SSSR count). The van der Waals surface area contributed by atoms with Gasteiger partial charge in [0.1, 0.15) is 11.6 Å². The molecule has 0 spiro atoms. The van der Waals surface area contributed by atoms with E-state index in [2.05, 4.69) is 146 Å². The van der Waals surface area contributed by atoms with E-state index in [1.54, 1.807) is 0 Å². The lowest BCUT2D eigenvalue weighted by atomic mass is 10.2. The van der Waals surface area contributed by atoms with Crippen molar-refractivity contribution in [3.63, 3.8) is 0 Å². The number of anilines is 4. The van der Waals surface area contributed by atoms with Crippen LogP contribution in [0.1, 0.15) is 0 Å². The number of pyridine rings is 3. The highest BCUT2D eigenvalue weighted by atomic mass is 15.3. The summed E-state index contributed by atoms with van der Waals surface area (Å²) in [7, 11) is 0. The number of benzene rings is 4. The van der Waals surface area contributed by atoms with Gasteiger partial charge in [0.25, 0.3) is 0 Å². The predicted molar refractivity (Wildman–Crippen MR) is 195 cm³/mol. The van der Waals surface area contributed by atoms with E-state index >= 15 is 0 Å². The first-order valence-electron chi connectivity index (χ1n) is 16.2. The lowest BCUT2D eigenvalue weighted by molar-refractivity contribution is 0.828. The maximum Gasteiger partial charge on any atom is 0.157 e. The van der Waals surface area contributed by atoms with Crippen LogP contribution in [0.15, 0.2) is 152 Å². The van der Waals surface area contributed by atoms with Crippen LogP contribution in [0, 0.1) is 0 Å². The van der Waals surface area contributed by atoms with Crippen LogP contribution in [0.3, 0.4) is 0 Å². The average Bonchev–Trinajstić information content (AvgIpc) is 3.68. The molecule has 0 amide bonds. The smallest absolute Gasteiger partial charge is 0.157 e. The minimum atomic E-state index is 0.759. The summed E-state index contributed by atoms with van der Waals surface area (Å²) in [6.07, 6.45) is 5.81. The number of rotatable bonds is 4. The number of aromatic nitrogens is 5. The summed E-state index contributed by atoms with van der Waals surface area (Å²) in [5.74, 6) is 2.70. The summed E-state index contributed by atoms with van der Waals surface area (Å²) in [5, 5.41) is 4.91. The molecule has 0 radical (unpaired) electrons. The number of hydrogen-bond donors (Lipinski definition) is 0. The van der Waals surface area contributed by atoms with Crippen LogP contribution < -0.4 is 9.80 Å². The van der Waals surface area contributed by atoms with Gasteiger partial charge in [-0.25, -0.2) is 15.0 Å². The molecule has 0 unspecified atom stereocenters. The summed E-state index contributed by atoms with van der Waals surface area (Å²) >= 11 is 0. The Labute approximate surface area is 276 Å². The standard InChI is InChI=1S/C41H29N7/c1-5-14-34-30(10-1)31-11-2-6-15-35(31)47(34)39-21-19-28(26-43-39)45-24-25-46(41-38(45)18-9-23-42-41)29-20-22-40(44-27-29)48-36-16-7-3-12-32(36)33-13-4-8-17-37(33)48/h1-23,26-27H,24-25H2. The molecule has 7 heteroatoms. The lowest BCUT2D eigenvalue weighted by Crippen LogP contribution is -2.37. The second kappa shape index (κ2) is 10.5. The van der Waals surface area contributed by atoms with E-state index < -0.39 is 0 Å². The van der Waals surface area contributed by atoms with Crippen molar-refractivity contribution in [2.45, 2.75) is 0 Å². The molecule has 1 aliphatic rings. The van der Waals surface area contributed by atoms with Gasteiger partial charge in [0, 0.05) is 40.8 Å². The van der Waals surface area contributed by atoms with E-state index in [9.17, 15) is 0 Å². The normalized spacial score (nSPS) is 13.2. The molecule has 0 saturated carbocycles. The van der Waals surface area contributed by atoms with Gasteiger partial charge in [0.15, 0.2) is 5.82 Å². The highest BCUT2D eigenvalue weighted by Crippen LogP contribution is 2.40. The third-order valence-electron chi connectivity index (χ3n) is 9.57. The van der Waals surface area contributed by atoms with Gasteiger partial charge in [-0.1, -0.05) is 72.8 Å². The quantitative estimate of drug-likeness (QED) is 0.197. The van der Waals surface area contributed by atoms with Gasteiger partial charge in [-0.05, 0) is 60.7 Å². The fourth-order valence-corrected chi connectivity index (χ4v) is 7.43. The largest absolute Gasteiger partial charge is 0.335 e. The topological polar surface area (TPSA) is 55.0 Å². The highest BCUT2D eigenvalue weighted by molar-refractivity contribution is 6.10. The second-order valence-electron chi connectivity index (χ2n) is 12.1. The third-order valence-corrected chi connectivity index (χ3v) is 9.57. The Morgan fingerprint density at radius 3 is 1.29 bits per heavy atom. The fraction of sp³-hybridized carbons (Fsp3) is 0.0488. The molecule has 1 aliphatic heterocycles. The van der Waals surface area contributed by atoms with Crippen molar-refractivity contribution in [1.82, 2.24) is 24.1 Å². The van der Waals surface area contributed by atoms with Crippen LogP contribution in [0.2, 0.25) is 0 Å². The van der Waals surface area contributed by atoms with Crippen molar-refractivity contribution in [1.29, 1.82) is 0 Å². The van der Waals surface area contributed by atoms with Crippen LogP contribution >= 0.6 is 0 Å². The zero-order valence-electron chi connectivity index (χ0n) is 26.0. The van der Waals surface area contributed by atoms with E-state index in [0.29, 0.717) is 0 Å². The molecule has 48 heavy (non-hydrogen) atoms. The molecule has 6 heterocycles. The summed E-state index contributed by atoms with van der Waals surface area (Å²) < 4.78 is 4.49. The summed E-state index contributed by atoms with van der Waals surface area (Å²) in [5.41, 5.74) is 7.70. The van der Waals surface area contributed by atoms with E-state index in [-0.39, 0.29) is 0 Å². The van der Waals surface area contributed by atoms with Crippen molar-refractivity contribution in [2.75, 3.05) is 22.9 Å². The highest BCUT2D eigenvalue weighted by Gasteiger charge is 2.26. The van der Waals surface area contributed by atoms with E-state index in [1.165, 1.54) is 21.5 Å². The van der Waals surface area contributed by atoms with Gasteiger partial charge < -0.3 is 9.80 Å². The number of hydrogen-bond acceptors (Lipinski definition) is 5. The molecule has 0 aliphatic carbocycles. The Morgan fingerprint density at radius 1 is 0.396 bits per heavy atom. The maximum atomic E-state index is 5.00. The van der Waals surface area contributed by atoms with Crippen LogP contribution in [-0.2, 0) is 0 Å². The molecule has 0 bridgehead atoms. The van der Waals surface area contributed by atoms with Crippen molar-refractivity contribution in [3.8, 4) is 11.6 Å². The van der Waals surface area contributed by atoms with Gasteiger partial charge >= 0.3 is 0 Å². The second-order valence-corrected chi connectivity index (χ2v) is 12.1. The maximum absolute atomic E-state index is 5.00. The average molecular weight is 620 g/mol. The van der Waals surface area contributed by atoms with Crippen molar-refractivity contribution in [2.24, 2.45) is 0 Å². The molecule has 0 fully saturated rings. The number of para-hydroxylation sites is 4. The Kier molecular flexibility index (Phi) is 5.86. The summed E-state index contributed by atoms with van der Waals surface area (Å²) in [6, 6.07) is 46.8.